The first-order valence-corrected chi connectivity index (χ1v) is 8.75. The molecule has 0 aromatic heterocycles. The van der Waals surface area contributed by atoms with E-state index in [0.29, 0.717) is 18.0 Å². The van der Waals surface area contributed by atoms with Crippen molar-refractivity contribution in [1.29, 1.82) is 0 Å². The van der Waals surface area contributed by atoms with Crippen LogP contribution in [0.15, 0.2) is 0 Å². The lowest BCUT2D eigenvalue weighted by Crippen LogP contribution is -2.62. The molecule has 0 bridgehead atoms. The Kier molecular flexibility index (Phi) is 4.85. The summed E-state index contributed by atoms with van der Waals surface area (Å²) in [5, 5.41) is 9.71. The average Bonchev–Trinajstić information content (AvgIpc) is 2.53. The van der Waals surface area contributed by atoms with E-state index in [1.807, 2.05) is 0 Å². The van der Waals surface area contributed by atoms with Crippen molar-refractivity contribution in [2.75, 3.05) is 7.11 Å². The second kappa shape index (κ2) is 6.66. The maximum absolute atomic E-state index is 11.8. The number of methoxy groups -OCH3 is 1. The lowest BCUT2D eigenvalue weighted by Gasteiger charge is -2.52. The highest BCUT2D eigenvalue weighted by molar-refractivity contribution is 5.73. The summed E-state index contributed by atoms with van der Waals surface area (Å²) < 4.78 is 5.73. The van der Waals surface area contributed by atoms with Crippen LogP contribution >= 0.6 is 0 Å². The van der Waals surface area contributed by atoms with Gasteiger partial charge in [0.1, 0.15) is 6.04 Å². The summed E-state index contributed by atoms with van der Waals surface area (Å²) in [6, 6.07) is 0.509. The summed E-state index contributed by atoms with van der Waals surface area (Å²) >= 11 is 0. The topological polar surface area (TPSA) is 49.8 Å². The van der Waals surface area contributed by atoms with Gasteiger partial charge < -0.3 is 9.84 Å². The maximum atomic E-state index is 11.8. The standard InChI is InChI=1S/C17H29NO3/c1-21-16-9-5-4-8-14(16)18-13-7-3-2-6-12(13)10-11-15(18)17(19)20/h12-16H,2-11H2,1H3,(H,19,20). The smallest absolute Gasteiger partial charge is 0.320 e. The molecule has 2 aliphatic carbocycles. The van der Waals surface area contributed by atoms with Crippen LogP contribution in [0.1, 0.15) is 64.2 Å². The summed E-state index contributed by atoms with van der Waals surface area (Å²) in [6.45, 7) is 0. The Balaban J connectivity index is 1.85. The van der Waals surface area contributed by atoms with Crippen LogP contribution in [0.5, 0.6) is 0 Å². The van der Waals surface area contributed by atoms with Gasteiger partial charge in [-0.15, -0.1) is 0 Å². The molecular weight excluding hydrogens is 266 g/mol. The van der Waals surface area contributed by atoms with Gasteiger partial charge in [0.2, 0.25) is 0 Å². The fourth-order valence-electron chi connectivity index (χ4n) is 5.09. The number of carboxylic acid groups (broad SMARTS) is 1. The number of hydrogen-bond acceptors (Lipinski definition) is 3. The largest absolute Gasteiger partial charge is 0.480 e. The number of ether oxygens (including phenoxy) is 1. The average molecular weight is 295 g/mol. The Morgan fingerprint density at radius 1 is 0.952 bits per heavy atom. The molecule has 4 nitrogen and oxygen atoms in total. The fraction of sp³-hybridized carbons (Fsp3) is 0.941. The molecule has 3 aliphatic rings. The van der Waals surface area contributed by atoms with E-state index in [2.05, 4.69) is 4.90 Å². The third kappa shape index (κ3) is 2.98. The number of fused-ring (bicyclic) bond motifs is 1. The molecule has 1 saturated heterocycles. The van der Waals surface area contributed by atoms with Gasteiger partial charge in [0.25, 0.3) is 0 Å². The van der Waals surface area contributed by atoms with Gasteiger partial charge in [-0.25, -0.2) is 0 Å². The van der Waals surface area contributed by atoms with Gasteiger partial charge in [-0.3, -0.25) is 9.69 Å². The van der Waals surface area contributed by atoms with Crippen molar-refractivity contribution in [3.63, 3.8) is 0 Å². The van der Waals surface area contributed by atoms with Crippen molar-refractivity contribution in [2.45, 2.75) is 88.4 Å². The maximum Gasteiger partial charge on any atom is 0.320 e. The Labute approximate surface area is 127 Å². The molecule has 0 aromatic rings. The van der Waals surface area contributed by atoms with E-state index in [4.69, 9.17) is 4.74 Å². The predicted octanol–water partition coefficient (Wildman–Crippen LogP) is 3.05. The monoisotopic (exact) mass is 295 g/mol. The fourth-order valence-corrected chi connectivity index (χ4v) is 5.09. The zero-order valence-electron chi connectivity index (χ0n) is 13.2. The molecule has 21 heavy (non-hydrogen) atoms. The summed E-state index contributed by atoms with van der Waals surface area (Å²) in [4.78, 5) is 14.2. The van der Waals surface area contributed by atoms with E-state index in [-0.39, 0.29) is 12.1 Å². The minimum Gasteiger partial charge on any atom is -0.480 e. The summed E-state index contributed by atoms with van der Waals surface area (Å²) in [5.74, 6) is 0.0910. The third-order valence-corrected chi connectivity index (χ3v) is 6.06. The molecule has 1 aliphatic heterocycles. The van der Waals surface area contributed by atoms with Gasteiger partial charge >= 0.3 is 5.97 Å². The molecule has 0 amide bonds. The van der Waals surface area contributed by atoms with Crippen LogP contribution in [0.4, 0.5) is 0 Å². The van der Waals surface area contributed by atoms with Crippen LogP contribution in [0.25, 0.3) is 0 Å². The predicted molar refractivity (Wildman–Crippen MR) is 81.3 cm³/mol. The van der Waals surface area contributed by atoms with Gasteiger partial charge in [-0.1, -0.05) is 25.7 Å². The van der Waals surface area contributed by atoms with Gasteiger partial charge in [-0.2, -0.15) is 0 Å². The van der Waals surface area contributed by atoms with E-state index in [0.717, 1.165) is 25.7 Å². The van der Waals surface area contributed by atoms with E-state index in [1.165, 1.54) is 38.5 Å². The molecule has 0 aromatic carbocycles. The molecule has 4 heteroatoms. The van der Waals surface area contributed by atoms with Crippen LogP contribution in [0.2, 0.25) is 0 Å². The molecule has 5 atom stereocenters. The Morgan fingerprint density at radius 2 is 1.62 bits per heavy atom. The number of carboxylic acids is 1. The van der Waals surface area contributed by atoms with Crippen molar-refractivity contribution in [1.82, 2.24) is 4.90 Å². The Hall–Kier alpha value is -0.610. The first kappa shape index (κ1) is 15.3. The molecule has 1 N–H and O–H groups in total. The van der Waals surface area contributed by atoms with Crippen LogP contribution in [-0.4, -0.2) is 47.3 Å². The number of carbonyl (C=O) groups is 1. The van der Waals surface area contributed by atoms with E-state index < -0.39 is 5.97 Å². The first-order valence-electron chi connectivity index (χ1n) is 8.75. The molecule has 120 valence electrons. The van der Waals surface area contributed by atoms with Gasteiger partial charge in [-0.05, 0) is 44.4 Å². The lowest BCUT2D eigenvalue weighted by atomic mass is 9.74. The molecule has 0 radical (unpaired) electrons. The molecule has 1 heterocycles. The van der Waals surface area contributed by atoms with Crippen LogP contribution in [-0.2, 0) is 9.53 Å². The number of aliphatic carboxylic acids is 1. The lowest BCUT2D eigenvalue weighted by molar-refractivity contribution is -0.155. The van der Waals surface area contributed by atoms with Gasteiger partial charge in [0.15, 0.2) is 0 Å². The second-order valence-electron chi connectivity index (χ2n) is 7.12. The normalized spacial score (nSPS) is 41.5. The van der Waals surface area contributed by atoms with Crippen LogP contribution in [0.3, 0.4) is 0 Å². The number of likely N-dealkylation sites (tertiary alicyclic amines) is 1. The molecule has 3 rings (SSSR count). The van der Waals surface area contributed by atoms with Crippen LogP contribution in [0, 0.1) is 5.92 Å². The molecule has 2 saturated carbocycles. The first-order chi connectivity index (χ1) is 10.2. The zero-order valence-corrected chi connectivity index (χ0v) is 13.2. The highest BCUT2D eigenvalue weighted by atomic mass is 16.5. The third-order valence-electron chi connectivity index (χ3n) is 6.06. The summed E-state index contributed by atoms with van der Waals surface area (Å²) in [7, 11) is 1.79. The van der Waals surface area contributed by atoms with Crippen molar-refractivity contribution in [3.05, 3.63) is 0 Å². The summed E-state index contributed by atoms with van der Waals surface area (Å²) in [6.07, 6.45) is 11.8. The Morgan fingerprint density at radius 3 is 2.33 bits per heavy atom. The highest BCUT2D eigenvalue weighted by Gasteiger charge is 2.46. The van der Waals surface area contributed by atoms with Gasteiger partial charge in [0.05, 0.1) is 6.10 Å². The quantitative estimate of drug-likeness (QED) is 0.869. The zero-order chi connectivity index (χ0) is 14.8. The molecule has 5 unspecified atom stereocenters. The number of piperidine rings is 1. The molecule has 0 spiro atoms. The van der Waals surface area contributed by atoms with Crippen molar-refractivity contribution < 1.29 is 14.6 Å². The number of nitrogens with zero attached hydrogens (tertiary/aromatic N) is 1. The minimum atomic E-state index is -0.626. The minimum absolute atomic E-state index is 0.223. The van der Waals surface area contributed by atoms with E-state index >= 15 is 0 Å². The number of hydrogen-bond donors (Lipinski definition) is 1. The van der Waals surface area contributed by atoms with Crippen molar-refractivity contribution in [2.24, 2.45) is 5.92 Å². The summed E-state index contributed by atoms with van der Waals surface area (Å²) in [5.41, 5.74) is 0. The molecule has 3 fully saturated rings. The van der Waals surface area contributed by atoms with Crippen molar-refractivity contribution >= 4 is 5.97 Å². The van der Waals surface area contributed by atoms with E-state index in [1.54, 1.807) is 7.11 Å². The van der Waals surface area contributed by atoms with E-state index in [9.17, 15) is 9.90 Å². The SMILES string of the molecule is COC1CCCCC1N1C(C(=O)O)CCC2CCCCC21. The Bertz CT molecular complexity index is 373. The van der Waals surface area contributed by atoms with Crippen LogP contribution < -0.4 is 0 Å². The van der Waals surface area contributed by atoms with Gasteiger partial charge in [0, 0.05) is 19.2 Å². The highest BCUT2D eigenvalue weighted by Crippen LogP contribution is 2.41. The molecular formula is C17H29NO3. The second-order valence-corrected chi connectivity index (χ2v) is 7.12. The number of rotatable bonds is 3. The van der Waals surface area contributed by atoms with Crippen molar-refractivity contribution in [3.8, 4) is 0 Å².